The van der Waals surface area contributed by atoms with E-state index in [1.807, 2.05) is 6.07 Å². The van der Waals surface area contributed by atoms with E-state index < -0.39 is 0 Å². The van der Waals surface area contributed by atoms with E-state index in [1.54, 1.807) is 17.8 Å². The quantitative estimate of drug-likeness (QED) is 0.785. The van der Waals surface area contributed by atoms with Crippen LogP contribution in [0.5, 0.6) is 11.5 Å². The molecule has 2 N–H and O–H groups in total. The minimum atomic E-state index is -0.143. The van der Waals surface area contributed by atoms with Gasteiger partial charge in [0.1, 0.15) is 17.4 Å². The Morgan fingerprint density at radius 1 is 1.67 bits per heavy atom. The Morgan fingerprint density at radius 2 is 2.47 bits per heavy atom. The topological polar surface area (TPSA) is 61.5 Å². The number of methoxy groups -OCH3 is 1. The summed E-state index contributed by atoms with van der Waals surface area (Å²) >= 11 is 1.58. The van der Waals surface area contributed by atoms with E-state index in [0.717, 1.165) is 10.6 Å². The van der Waals surface area contributed by atoms with Crippen LogP contribution in [0.2, 0.25) is 0 Å². The van der Waals surface area contributed by atoms with Gasteiger partial charge >= 0.3 is 0 Å². The Balaban J connectivity index is 2.48. The van der Waals surface area contributed by atoms with E-state index in [9.17, 15) is 4.79 Å². The number of hydrogen-bond acceptors (Lipinski definition) is 5. The molecule has 5 heteroatoms. The normalized spacial score (nSPS) is 13.2. The van der Waals surface area contributed by atoms with Crippen molar-refractivity contribution in [3.05, 3.63) is 17.7 Å². The van der Waals surface area contributed by atoms with Gasteiger partial charge < -0.3 is 15.2 Å². The highest BCUT2D eigenvalue weighted by molar-refractivity contribution is 7.99. The lowest BCUT2D eigenvalue weighted by molar-refractivity contribution is 0.0998. The minimum Gasteiger partial charge on any atom is -0.496 e. The molecule has 0 fully saturated rings. The van der Waals surface area contributed by atoms with Crippen LogP contribution in [0.25, 0.3) is 0 Å². The molecule has 0 spiro atoms. The molecule has 0 aromatic heterocycles. The Labute approximate surface area is 91.7 Å². The van der Waals surface area contributed by atoms with Crippen LogP contribution in [-0.4, -0.2) is 25.4 Å². The molecule has 1 aliphatic rings. The number of carbonyl (C=O) groups excluding carboxylic acids is 1. The SMILES string of the molecule is COc1cc2c(cc1C(=O)CN)OCS2. The summed E-state index contributed by atoms with van der Waals surface area (Å²) in [5, 5.41) is 0. The maximum Gasteiger partial charge on any atom is 0.180 e. The van der Waals surface area contributed by atoms with Gasteiger partial charge in [-0.2, -0.15) is 0 Å². The van der Waals surface area contributed by atoms with Gasteiger partial charge in [-0.3, -0.25) is 4.79 Å². The van der Waals surface area contributed by atoms with E-state index in [0.29, 0.717) is 17.3 Å². The van der Waals surface area contributed by atoms with Gasteiger partial charge in [0, 0.05) is 0 Å². The molecule has 0 saturated carbocycles. The summed E-state index contributed by atoms with van der Waals surface area (Å²) in [6.07, 6.45) is 0. The van der Waals surface area contributed by atoms with Crippen LogP contribution in [0.1, 0.15) is 10.4 Å². The highest BCUT2D eigenvalue weighted by Crippen LogP contribution is 2.40. The molecule has 4 nitrogen and oxygen atoms in total. The van der Waals surface area contributed by atoms with Gasteiger partial charge in [0.2, 0.25) is 0 Å². The zero-order valence-corrected chi connectivity index (χ0v) is 9.10. The lowest BCUT2D eigenvalue weighted by atomic mass is 10.1. The van der Waals surface area contributed by atoms with Crippen molar-refractivity contribution in [2.24, 2.45) is 5.73 Å². The summed E-state index contributed by atoms with van der Waals surface area (Å²) < 4.78 is 10.5. The van der Waals surface area contributed by atoms with Crippen LogP contribution in [0.15, 0.2) is 17.0 Å². The number of rotatable bonds is 3. The molecule has 0 radical (unpaired) electrons. The Morgan fingerprint density at radius 3 is 3.13 bits per heavy atom. The summed E-state index contributed by atoms with van der Waals surface area (Å²) in [6, 6.07) is 3.51. The zero-order chi connectivity index (χ0) is 10.8. The molecule has 0 amide bonds. The molecule has 0 unspecified atom stereocenters. The summed E-state index contributed by atoms with van der Waals surface area (Å²) in [5.41, 5.74) is 5.81. The van der Waals surface area contributed by atoms with Crippen molar-refractivity contribution in [3.63, 3.8) is 0 Å². The monoisotopic (exact) mass is 225 g/mol. The number of benzene rings is 1. The van der Waals surface area contributed by atoms with Gasteiger partial charge in [0.25, 0.3) is 0 Å². The molecule has 2 rings (SSSR count). The van der Waals surface area contributed by atoms with Crippen LogP contribution in [0, 0.1) is 0 Å². The molecule has 0 saturated heterocycles. The third-order valence-electron chi connectivity index (χ3n) is 2.18. The molecule has 15 heavy (non-hydrogen) atoms. The Hall–Kier alpha value is -1.20. The van der Waals surface area contributed by atoms with Crippen molar-refractivity contribution in [2.75, 3.05) is 19.6 Å². The van der Waals surface area contributed by atoms with Crippen LogP contribution >= 0.6 is 11.8 Å². The lowest BCUT2D eigenvalue weighted by Gasteiger charge is -2.08. The Bertz CT molecular complexity index is 406. The van der Waals surface area contributed by atoms with Crippen molar-refractivity contribution in [3.8, 4) is 11.5 Å². The van der Waals surface area contributed by atoms with Gasteiger partial charge in [-0.15, -0.1) is 0 Å². The summed E-state index contributed by atoms with van der Waals surface area (Å²) in [7, 11) is 1.54. The average Bonchev–Trinajstić information content (AvgIpc) is 2.73. The fourth-order valence-electron chi connectivity index (χ4n) is 1.42. The smallest absolute Gasteiger partial charge is 0.180 e. The first kappa shape index (κ1) is 10.3. The maximum absolute atomic E-state index is 11.5. The summed E-state index contributed by atoms with van der Waals surface area (Å²) in [4.78, 5) is 12.5. The van der Waals surface area contributed by atoms with E-state index in [-0.39, 0.29) is 12.3 Å². The number of ketones is 1. The lowest BCUT2D eigenvalue weighted by Crippen LogP contribution is -2.14. The minimum absolute atomic E-state index is 0.0255. The number of hydrogen-bond donors (Lipinski definition) is 1. The zero-order valence-electron chi connectivity index (χ0n) is 8.28. The van der Waals surface area contributed by atoms with E-state index in [4.69, 9.17) is 15.2 Å². The van der Waals surface area contributed by atoms with Crippen LogP contribution in [0.3, 0.4) is 0 Å². The predicted octanol–water partition coefficient (Wildman–Crippen LogP) is 1.28. The first-order chi connectivity index (χ1) is 7.26. The standard InChI is InChI=1S/C10H11NO3S/c1-13-8-3-10-9(14-5-15-10)2-6(8)7(12)4-11/h2-3H,4-5,11H2,1H3. The van der Waals surface area contributed by atoms with Crippen molar-refractivity contribution < 1.29 is 14.3 Å². The number of ether oxygens (including phenoxy) is 2. The van der Waals surface area contributed by atoms with Gasteiger partial charge in [0.15, 0.2) is 5.78 Å². The molecule has 80 valence electrons. The van der Waals surface area contributed by atoms with Crippen molar-refractivity contribution in [1.29, 1.82) is 0 Å². The molecule has 0 atom stereocenters. The fraction of sp³-hybridized carbons (Fsp3) is 0.300. The molecular weight excluding hydrogens is 214 g/mol. The largest absolute Gasteiger partial charge is 0.496 e. The van der Waals surface area contributed by atoms with Crippen LogP contribution in [-0.2, 0) is 0 Å². The second-order valence-corrected chi connectivity index (χ2v) is 4.00. The van der Waals surface area contributed by atoms with Gasteiger partial charge in [0.05, 0.1) is 24.1 Å². The van der Waals surface area contributed by atoms with Gasteiger partial charge in [-0.1, -0.05) is 11.8 Å². The third-order valence-corrected chi connectivity index (χ3v) is 3.05. The highest BCUT2D eigenvalue weighted by atomic mass is 32.2. The van der Waals surface area contributed by atoms with E-state index in [1.165, 1.54) is 7.11 Å². The molecule has 1 aromatic carbocycles. The number of thioether (sulfide) groups is 1. The molecule has 0 aliphatic carbocycles. The summed E-state index contributed by atoms with van der Waals surface area (Å²) in [5.74, 6) is 1.73. The van der Waals surface area contributed by atoms with Gasteiger partial charge in [-0.25, -0.2) is 0 Å². The number of nitrogens with two attached hydrogens (primary N) is 1. The van der Waals surface area contributed by atoms with Crippen molar-refractivity contribution >= 4 is 17.5 Å². The first-order valence-corrected chi connectivity index (χ1v) is 5.45. The maximum atomic E-state index is 11.5. The van der Waals surface area contributed by atoms with E-state index in [2.05, 4.69) is 0 Å². The number of carbonyl (C=O) groups is 1. The summed E-state index contributed by atoms with van der Waals surface area (Å²) in [6.45, 7) is -0.0255. The second kappa shape index (κ2) is 4.12. The molecule has 1 aromatic rings. The fourth-order valence-corrected chi connectivity index (χ4v) is 2.18. The Kier molecular flexibility index (Phi) is 2.83. The highest BCUT2D eigenvalue weighted by Gasteiger charge is 2.19. The van der Waals surface area contributed by atoms with Crippen molar-refractivity contribution in [2.45, 2.75) is 4.90 Å². The second-order valence-electron chi connectivity index (χ2n) is 3.03. The van der Waals surface area contributed by atoms with E-state index >= 15 is 0 Å². The molecular formula is C10H11NO3S. The number of Topliss-reactive ketones (excluding diaryl/α,β-unsaturated/α-hetero) is 1. The predicted molar refractivity (Wildman–Crippen MR) is 57.7 cm³/mol. The third kappa shape index (κ3) is 1.80. The average molecular weight is 225 g/mol. The van der Waals surface area contributed by atoms with Crippen LogP contribution < -0.4 is 15.2 Å². The molecule has 1 aliphatic heterocycles. The van der Waals surface area contributed by atoms with Crippen molar-refractivity contribution in [1.82, 2.24) is 0 Å². The number of fused-ring (bicyclic) bond motifs is 1. The van der Waals surface area contributed by atoms with Gasteiger partial charge in [-0.05, 0) is 12.1 Å². The molecule has 1 heterocycles. The van der Waals surface area contributed by atoms with Crippen LogP contribution in [0.4, 0.5) is 0 Å². The first-order valence-electron chi connectivity index (χ1n) is 4.47. The molecule has 0 bridgehead atoms.